The molecule has 0 N–H and O–H groups in total. The zero-order valence-corrected chi connectivity index (χ0v) is 9.47. The third-order valence-corrected chi connectivity index (χ3v) is 2.46. The summed E-state index contributed by atoms with van der Waals surface area (Å²) < 4.78 is 50.4. The first kappa shape index (κ1) is 14.7. The third-order valence-electron chi connectivity index (χ3n) is 1.56. The number of halogens is 4. The van der Waals surface area contributed by atoms with Crippen LogP contribution >= 0.6 is 11.8 Å². The molecule has 0 amide bonds. The van der Waals surface area contributed by atoms with Crippen molar-refractivity contribution in [2.24, 2.45) is 0 Å². The fourth-order valence-corrected chi connectivity index (χ4v) is 1.67. The molecular weight excluding hydrogens is 232 g/mol. The van der Waals surface area contributed by atoms with Gasteiger partial charge in [-0.1, -0.05) is 11.8 Å². The molecule has 0 aliphatic carbocycles. The third kappa shape index (κ3) is 10.0. The summed E-state index contributed by atoms with van der Waals surface area (Å²) in [5, 5.41) is -0.154. The lowest BCUT2D eigenvalue weighted by atomic mass is 10.1. The molecule has 0 atom stereocenters. The van der Waals surface area contributed by atoms with Gasteiger partial charge in [0.25, 0.3) is 11.8 Å². The zero-order valence-electron chi connectivity index (χ0n) is 8.66. The summed E-state index contributed by atoms with van der Waals surface area (Å²) in [6.45, 7) is 1.81. The van der Waals surface area contributed by atoms with Gasteiger partial charge in [-0.3, -0.25) is 4.79 Å². The Morgan fingerprint density at radius 1 is 1.27 bits per heavy atom. The Labute approximate surface area is 90.6 Å². The van der Waals surface area contributed by atoms with Gasteiger partial charge in [0.1, 0.15) is 0 Å². The molecule has 0 aromatic carbocycles. The van der Waals surface area contributed by atoms with E-state index in [4.69, 9.17) is 0 Å². The minimum atomic E-state index is -3.35. The number of hydrogen-bond donors (Lipinski definition) is 0. The first-order chi connectivity index (χ1) is 6.62. The molecule has 0 heterocycles. The summed E-state index contributed by atoms with van der Waals surface area (Å²) in [4.78, 5) is 10.5. The molecule has 1 nitrogen and oxygen atoms in total. The van der Waals surface area contributed by atoms with Crippen molar-refractivity contribution in [1.29, 1.82) is 0 Å². The molecule has 0 radical (unpaired) electrons. The first-order valence-corrected chi connectivity index (χ1v) is 5.50. The summed E-state index contributed by atoms with van der Waals surface area (Å²) in [6, 6.07) is 0. The molecule has 0 spiro atoms. The van der Waals surface area contributed by atoms with Crippen molar-refractivity contribution in [1.82, 2.24) is 0 Å². The normalized spacial score (nSPS) is 12.9. The molecule has 0 aromatic heterocycles. The van der Waals surface area contributed by atoms with Gasteiger partial charge < -0.3 is 0 Å². The lowest BCUT2D eigenvalue weighted by Crippen LogP contribution is -2.26. The van der Waals surface area contributed by atoms with Gasteiger partial charge >= 0.3 is 0 Å². The number of carbonyl (C=O) groups excluding carboxylic acids is 1. The molecule has 0 saturated heterocycles. The Hall–Kier alpha value is -0.260. The topological polar surface area (TPSA) is 17.1 Å². The summed E-state index contributed by atoms with van der Waals surface area (Å²) in [5.74, 6) is -6.45. The predicted molar refractivity (Wildman–Crippen MR) is 52.6 cm³/mol. The predicted octanol–water partition coefficient (Wildman–Crippen LogP) is 3.73. The maximum atomic E-state index is 12.9. The van der Waals surface area contributed by atoms with E-state index < -0.39 is 24.7 Å². The number of alkyl halides is 4. The van der Waals surface area contributed by atoms with Gasteiger partial charge in [0.05, 0.1) is 6.42 Å². The lowest BCUT2D eigenvalue weighted by Gasteiger charge is -2.19. The van der Waals surface area contributed by atoms with Crippen LogP contribution in [0.4, 0.5) is 17.6 Å². The van der Waals surface area contributed by atoms with Gasteiger partial charge in [-0.05, 0) is 13.3 Å². The maximum Gasteiger partial charge on any atom is 0.253 e. The molecule has 0 unspecified atom stereocenters. The highest BCUT2D eigenvalue weighted by molar-refractivity contribution is 8.13. The Bertz CT molecular complexity index is 213. The summed E-state index contributed by atoms with van der Waals surface area (Å²) >= 11 is 0.930. The van der Waals surface area contributed by atoms with Crippen molar-refractivity contribution in [3.05, 3.63) is 0 Å². The van der Waals surface area contributed by atoms with E-state index in [1.54, 1.807) is 0 Å². The minimum Gasteiger partial charge on any atom is -0.288 e. The van der Waals surface area contributed by atoms with E-state index in [-0.39, 0.29) is 17.3 Å². The van der Waals surface area contributed by atoms with Crippen molar-refractivity contribution >= 4 is 16.9 Å². The van der Waals surface area contributed by atoms with Gasteiger partial charge in [0, 0.05) is 19.1 Å². The highest BCUT2D eigenvalue weighted by atomic mass is 32.2. The fourth-order valence-electron chi connectivity index (χ4n) is 1.09. The van der Waals surface area contributed by atoms with Gasteiger partial charge in [0.2, 0.25) is 0 Å². The molecule has 15 heavy (non-hydrogen) atoms. The van der Waals surface area contributed by atoms with Gasteiger partial charge in [-0.15, -0.1) is 0 Å². The Balaban J connectivity index is 3.79. The van der Waals surface area contributed by atoms with Crippen LogP contribution in [0, 0.1) is 0 Å². The smallest absolute Gasteiger partial charge is 0.253 e. The van der Waals surface area contributed by atoms with Crippen LogP contribution in [0.25, 0.3) is 0 Å². The number of rotatable bonds is 6. The molecule has 90 valence electrons. The number of hydrogen-bond acceptors (Lipinski definition) is 2. The van der Waals surface area contributed by atoms with E-state index >= 15 is 0 Å². The Morgan fingerprint density at radius 2 is 1.80 bits per heavy atom. The molecule has 0 aliphatic rings. The Kier molecular flexibility index (Phi) is 5.62. The van der Waals surface area contributed by atoms with Crippen LogP contribution in [-0.2, 0) is 4.79 Å². The Morgan fingerprint density at radius 3 is 2.20 bits per heavy atom. The van der Waals surface area contributed by atoms with Crippen LogP contribution in [0.3, 0.4) is 0 Å². The molecule has 0 rings (SSSR count). The standard InChI is InChI=1S/C9H14F4OS/c1-7(14)15-5-3-4-9(12,13)6-8(2,10)11/h3-6H2,1-2H3. The highest BCUT2D eigenvalue weighted by Gasteiger charge is 2.39. The first-order valence-electron chi connectivity index (χ1n) is 4.51. The second kappa shape index (κ2) is 5.72. The molecule has 0 fully saturated rings. The SMILES string of the molecule is CC(=O)SCCCC(F)(F)CC(C)(F)F. The van der Waals surface area contributed by atoms with Crippen molar-refractivity contribution in [3.63, 3.8) is 0 Å². The van der Waals surface area contributed by atoms with Crippen molar-refractivity contribution in [2.45, 2.75) is 45.0 Å². The van der Waals surface area contributed by atoms with Crippen LogP contribution in [0.1, 0.15) is 33.1 Å². The average molecular weight is 246 g/mol. The summed E-state index contributed by atoms with van der Waals surface area (Å²) in [6.07, 6.45) is -1.96. The van der Waals surface area contributed by atoms with Gasteiger partial charge in [-0.2, -0.15) is 0 Å². The number of thioether (sulfide) groups is 1. The molecule has 6 heteroatoms. The van der Waals surface area contributed by atoms with E-state index in [0.29, 0.717) is 6.92 Å². The largest absolute Gasteiger partial charge is 0.288 e. The molecule has 0 aromatic rings. The quantitative estimate of drug-likeness (QED) is 0.524. The molecular formula is C9H14F4OS. The van der Waals surface area contributed by atoms with E-state index in [1.165, 1.54) is 6.92 Å². The van der Waals surface area contributed by atoms with E-state index in [0.717, 1.165) is 11.8 Å². The van der Waals surface area contributed by atoms with Crippen LogP contribution in [0.15, 0.2) is 0 Å². The zero-order chi connectivity index (χ0) is 12.1. The highest BCUT2D eigenvalue weighted by Crippen LogP contribution is 2.33. The van der Waals surface area contributed by atoms with Crippen LogP contribution < -0.4 is 0 Å². The molecule has 0 bridgehead atoms. The molecule has 0 saturated carbocycles. The van der Waals surface area contributed by atoms with E-state index in [9.17, 15) is 22.4 Å². The second-order valence-electron chi connectivity index (χ2n) is 3.55. The summed E-state index contributed by atoms with van der Waals surface area (Å²) in [5.41, 5.74) is 0. The van der Waals surface area contributed by atoms with Gasteiger partial charge in [-0.25, -0.2) is 17.6 Å². The second-order valence-corrected chi connectivity index (χ2v) is 4.82. The van der Waals surface area contributed by atoms with Crippen LogP contribution in [0.2, 0.25) is 0 Å². The van der Waals surface area contributed by atoms with Crippen LogP contribution in [0.5, 0.6) is 0 Å². The van der Waals surface area contributed by atoms with Gasteiger partial charge in [0.15, 0.2) is 5.12 Å². The van der Waals surface area contributed by atoms with E-state index in [2.05, 4.69) is 0 Å². The summed E-state index contributed by atoms with van der Waals surface area (Å²) in [7, 11) is 0. The molecule has 0 aliphatic heterocycles. The van der Waals surface area contributed by atoms with Crippen molar-refractivity contribution in [2.75, 3.05) is 5.75 Å². The lowest BCUT2D eigenvalue weighted by molar-refractivity contribution is -0.109. The average Bonchev–Trinajstić information content (AvgIpc) is 1.93. The minimum absolute atomic E-state index is 0.0628. The maximum absolute atomic E-state index is 12.9. The fraction of sp³-hybridized carbons (Fsp3) is 0.889. The van der Waals surface area contributed by atoms with Crippen molar-refractivity contribution < 1.29 is 22.4 Å². The van der Waals surface area contributed by atoms with Crippen molar-refractivity contribution in [3.8, 4) is 0 Å². The van der Waals surface area contributed by atoms with E-state index in [1.807, 2.05) is 0 Å². The monoisotopic (exact) mass is 246 g/mol. The number of carbonyl (C=O) groups is 1. The van der Waals surface area contributed by atoms with Crippen LogP contribution in [-0.4, -0.2) is 22.7 Å².